The third-order valence-electron chi connectivity index (χ3n) is 4.43. The van der Waals surface area contributed by atoms with Crippen molar-refractivity contribution in [2.24, 2.45) is 0 Å². The van der Waals surface area contributed by atoms with E-state index in [1.807, 2.05) is 12.3 Å². The highest BCUT2D eigenvalue weighted by atomic mass is 16.3. The Labute approximate surface area is 116 Å². The summed E-state index contributed by atoms with van der Waals surface area (Å²) in [7, 11) is 0. The zero-order chi connectivity index (χ0) is 13.9. The van der Waals surface area contributed by atoms with Gasteiger partial charge in [-0.05, 0) is 57.8 Å². The molecule has 2 heterocycles. The van der Waals surface area contributed by atoms with Crippen molar-refractivity contribution >= 4 is 0 Å². The molecule has 1 aromatic heterocycles. The van der Waals surface area contributed by atoms with Gasteiger partial charge in [0.1, 0.15) is 0 Å². The standard InChI is InChI=1S/C16H26N2O/c1-4-13-7-8-14(17-12-13)11-15(19)16(2,3)18-9-5-6-10-18/h7-8,12,15,19H,4-6,9-11H2,1-3H3. The number of aromatic nitrogens is 1. The van der Waals surface area contributed by atoms with Crippen LogP contribution in [0, 0.1) is 0 Å². The summed E-state index contributed by atoms with van der Waals surface area (Å²) in [5.74, 6) is 0. The van der Waals surface area contributed by atoms with Gasteiger partial charge in [0.05, 0.1) is 6.10 Å². The van der Waals surface area contributed by atoms with Gasteiger partial charge < -0.3 is 5.11 Å². The van der Waals surface area contributed by atoms with Gasteiger partial charge in [-0.1, -0.05) is 13.0 Å². The van der Waals surface area contributed by atoms with Gasteiger partial charge in [0.25, 0.3) is 0 Å². The first-order valence-electron chi connectivity index (χ1n) is 7.41. The number of aryl methyl sites for hydroxylation is 1. The van der Waals surface area contributed by atoms with E-state index < -0.39 is 0 Å². The van der Waals surface area contributed by atoms with Gasteiger partial charge in [0.2, 0.25) is 0 Å². The predicted molar refractivity (Wildman–Crippen MR) is 78.2 cm³/mol. The minimum absolute atomic E-state index is 0.165. The van der Waals surface area contributed by atoms with Crippen molar-refractivity contribution in [1.29, 1.82) is 0 Å². The van der Waals surface area contributed by atoms with Gasteiger partial charge >= 0.3 is 0 Å². The average molecular weight is 262 g/mol. The zero-order valence-corrected chi connectivity index (χ0v) is 12.4. The smallest absolute Gasteiger partial charge is 0.0773 e. The van der Waals surface area contributed by atoms with Gasteiger partial charge in [-0.2, -0.15) is 0 Å². The molecule has 1 aliphatic heterocycles. The Morgan fingerprint density at radius 1 is 1.32 bits per heavy atom. The van der Waals surface area contributed by atoms with Crippen molar-refractivity contribution < 1.29 is 5.11 Å². The summed E-state index contributed by atoms with van der Waals surface area (Å²) in [5.41, 5.74) is 2.07. The number of hydrogen-bond donors (Lipinski definition) is 1. The van der Waals surface area contributed by atoms with Crippen LogP contribution in [-0.2, 0) is 12.8 Å². The minimum Gasteiger partial charge on any atom is -0.391 e. The first-order chi connectivity index (χ1) is 9.04. The first-order valence-corrected chi connectivity index (χ1v) is 7.41. The third-order valence-corrected chi connectivity index (χ3v) is 4.43. The number of aliphatic hydroxyl groups excluding tert-OH is 1. The molecule has 1 saturated heterocycles. The number of nitrogens with zero attached hydrogens (tertiary/aromatic N) is 2. The molecule has 1 N–H and O–H groups in total. The quantitative estimate of drug-likeness (QED) is 0.885. The molecule has 1 aliphatic rings. The molecule has 1 aromatic rings. The Balaban J connectivity index is 2.00. The van der Waals surface area contributed by atoms with E-state index >= 15 is 0 Å². The molecule has 106 valence electrons. The molecule has 0 aliphatic carbocycles. The fourth-order valence-electron chi connectivity index (χ4n) is 2.74. The van der Waals surface area contributed by atoms with E-state index in [1.165, 1.54) is 18.4 Å². The van der Waals surface area contributed by atoms with Gasteiger partial charge in [-0.3, -0.25) is 9.88 Å². The molecule has 1 unspecified atom stereocenters. The molecule has 1 fully saturated rings. The van der Waals surface area contributed by atoms with Crippen LogP contribution >= 0.6 is 0 Å². The molecule has 0 bridgehead atoms. The molecule has 2 rings (SSSR count). The molecule has 1 atom stereocenters. The Morgan fingerprint density at radius 3 is 2.53 bits per heavy atom. The Bertz CT molecular complexity index is 394. The lowest BCUT2D eigenvalue weighted by Crippen LogP contribution is -2.52. The number of aliphatic hydroxyl groups is 1. The largest absolute Gasteiger partial charge is 0.391 e. The highest BCUT2D eigenvalue weighted by Gasteiger charge is 2.35. The molecule has 0 radical (unpaired) electrons. The van der Waals surface area contributed by atoms with Gasteiger partial charge in [0, 0.05) is 23.9 Å². The van der Waals surface area contributed by atoms with Crippen molar-refractivity contribution in [2.75, 3.05) is 13.1 Å². The monoisotopic (exact) mass is 262 g/mol. The van der Waals surface area contributed by atoms with E-state index in [-0.39, 0.29) is 11.6 Å². The normalized spacial score (nSPS) is 18.7. The van der Waals surface area contributed by atoms with Crippen molar-refractivity contribution in [1.82, 2.24) is 9.88 Å². The summed E-state index contributed by atoms with van der Waals surface area (Å²) in [4.78, 5) is 6.85. The summed E-state index contributed by atoms with van der Waals surface area (Å²) < 4.78 is 0. The molecule has 3 nitrogen and oxygen atoms in total. The van der Waals surface area contributed by atoms with Crippen LogP contribution in [0.3, 0.4) is 0 Å². The van der Waals surface area contributed by atoms with Crippen LogP contribution in [0.5, 0.6) is 0 Å². The molecule has 0 spiro atoms. The average Bonchev–Trinajstić information content (AvgIpc) is 2.94. The van der Waals surface area contributed by atoms with Crippen molar-refractivity contribution in [3.05, 3.63) is 29.6 Å². The molecular weight excluding hydrogens is 236 g/mol. The lowest BCUT2D eigenvalue weighted by Gasteiger charge is -2.39. The number of rotatable bonds is 5. The fourth-order valence-corrected chi connectivity index (χ4v) is 2.74. The molecule has 3 heteroatoms. The van der Waals surface area contributed by atoms with Crippen LogP contribution < -0.4 is 0 Å². The molecule has 0 amide bonds. The highest BCUT2D eigenvalue weighted by Crippen LogP contribution is 2.25. The van der Waals surface area contributed by atoms with Gasteiger partial charge in [-0.25, -0.2) is 0 Å². The second-order valence-corrected chi connectivity index (χ2v) is 6.08. The summed E-state index contributed by atoms with van der Waals surface area (Å²) in [6.45, 7) is 8.62. The highest BCUT2D eigenvalue weighted by molar-refractivity contribution is 5.15. The molecular formula is C16H26N2O. The van der Waals surface area contributed by atoms with Gasteiger partial charge in [-0.15, -0.1) is 0 Å². The Hall–Kier alpha value is -0.930. The second kappa shape index (κ2) is 6.02. The van der Waals surface area contributed by atoms with Crippen LogP contribution in [0.25, 0.3) is 0 Å². The SMILES string of the molecule is CCc1ccc(CC(O)C(C)(C)N2CCCC2)nc1. The van der Waals surface area contributed by atoms with E-state index in [4.69, 9.17) is 0 Å². The van der Waals surface area contributed by atoms with Crippen LogP contribution in [0.1, 0.15) is 44.9 Å². The number of likely N-dealkylation sites (tertiary alicyclic amines) is 1. The number of pyridine rings is 1. The van der Waals surface area contributed by atoms with E-state index in [0.717, 1.165) is 25.2 Å². The maximum absolute atomic E-state index is 10.5. The summed E-state index contributed by atoms with van der Waals surface area (Å²) in [5, 5.41) is 10.5. The maximum atomic E-state index is 10.5. The summed E-state index contributed by atoms with van der Waals surface area (Å²) >= 11 is 0. The minimum atomic E-state index is -0.370. The van der Waals surface area contributed by atoms with Crippen LogP contribution in [0.4, 0.5) is 0 Å². The van der Waals surface area contributed by atoms with Crippen molar-refractivity contribution in [3.63, 3.8) is 0 Å². The van der Waals surface area contributed by atoms with Crippen molar-refractivity contribution in [3.8, 4) is 0 Å². The van der Waals surface area contributed by atoms with Gasteiger partial charge in [0.15, 0.2) is 0 Å². The van der Waals surface area contributed by atoms with Crippen LogP contribution in [-0.4, -0.2) is 39.7 Å². The molecule has 0 saturated carbocycles. The summed E-state index contributed by atoms with van der Waals surface area (Å²) in [6.07, 6.45) is 5.69. The van der Waals surface area contributed by atoms with E-state index in [1.54, 1.807) is 0 Å². The van der Waals surface area contributed by atoms with E-state index in [9.17, 15) is 5.11 Å². The molecule has 0 aromatic carbocycles. The third kappa shape index (κ3) is 3.34. The van der Waals surface area contributed by atoms with E-state index in [2.05, 4.69) is 36.7 Å². The molecule has 19 heavy (non-hydrogen) atoms. The number of hydrogen-bond acceptors (Lipinski definition) is 3. The topological polar surface area (TPSA) is 36.4 Å². The second-order valence-electron chi connectivity index (χ2n) is 6.08. The van der Waals surface area contributed by atoms with Crippen LogP contribution in [0.15, 0.2) is 18.3 Å². The lowest BCUT2D eigenvalue weighted by atomic mass is 9.91. The van der Waals surface area contributed by atoms with E-state index in [0.29, 0.717) is 6.42 Å². The zero-order valence-electron chi connectivity index (χ0n) is 12.4. The van der Waals surface area contributed by atoms with Crippen molar-refractivity contribution in [2.45, 2.75) is 58.1 Å². The van der Waals surface area contributed by atoms with Crippen LogP contribution in [0.2, 0.25) is 0 Å². The Kier molecular flexibility index (Phi) is 4.58. The summed E-state index contributed by atoms with van der Waals surface area (Å²) in [6, 6.07) is 4.15. The fraction of sp³-hybridized carbons (Fsp3) is 0.688. The Morgan fingerprint density at radius 2 is 2.00 bits per heavy atom. The lowest BCUT2D eigenvalue weighted by molar-refractivity contribution is 0.00285. The first kappa shape index (κ1) is 14.5. The predicted octanol–water partition coefficient (Wildman–Crippen LogP) is 2.42. The maximum Gasteiger partial charge on any atom is 0.0773 e.